The van der Waals surface area contributed by atoms with Crippen LogP contribution in [0.15, 0.2) is 29.0 Å². The van der Waals surface area contributed by atoms with E-state index >= 15 is 0 Å². The van der Waals surface area contributed by atoms with Crippen LogP contribution in [0.5, 0.6) is 0 Å². The molecule has 176 valence electrons. The zero-order valence-corrected chi connectivity index (χ0v) is 20.3. The van der Waals surface area contributed by atoms with Crippen molar-refractivity contribution in [2.45, 2.75) is 97.5 Å². The van der Waals surface area contributed by atoms with Gasteiger partial charge in [0, 0.05) is 24.3 Å². The van der Waals surface area contributed by atoms with E-state index in [-0.39, 0.29) is 36.2 Å². The number of ether oxygens (including phenoxy) is 1. The molecule has 4 aliphatic carbocycles. The summed E-state index contributed by atoms with van der Waals surface area (Å²) in [6.07, 6.45) is 15.3. The van der Waals surface area contributed by atoms with Crippen molar-refractivity contribution < 1.29 is 14.3 Å². The van der Waals surface area contributed by atoms with Gasteiger partial charge in [0.2, 0.25) is 5.91 Å². The van der Waals surface area contributed by atoms with Crippen molar-refractivity contribution in [2.75, 3.05) is 6.54 Å². The summed E-state index contributed by atoms with van der Waals surface area (Å²) in [5.74, 6) is 2.42. The van der Waals surface area contributed by atoms with Gasteiger partial charge in [0.15, 0.2) is 0 Å². The number of hydrogen-bond acceptors (Lipinski definition) is 3. The van der Waals surface area contributed by atoms with E-state index in [9.17, 15) is 9.59 Å². The van der Waals surface area contributed by atoms with Crippen LogP contribution in [0.1, 0.15) is 91.4 Å². The van der Waals surface area contributed by atoms with Gasteiger partial charge in [-0.25, -0.2) is 0 Å². The molecule has 0 aliphatic heterocycles. The molecule has 4 heteroatoms. The maximum atomic E-state index is 12.6. The van der Waals surface area contributed by atoms with Crippen molar-refractivity contribution in [3.63, 3.8) is 0 Å². The number of fused-ring (bicyclic) bond motifs is 5. The van der Waals surface area contributed by atoms with E-state index in [2.05, 4.69) is 44.0 Å². The summed E-state index contributed by atoms with van der Waals surface area (Å²) in [4.78, 5) is 24.6. The van der Waals surface area contributed by atoms with Crippen LogP contribution in [-0.2, 0) is 14.3 Å². The molecule has 0 spiro atoms. The second kappa shape index (κ2) is 10.00. The van der Waals surface area contributed by atoms with E-state index in [0.29, 0.717) is 18.4 Å². The lowest BCUT2D eigenvalue weighted by Gasteiger charge is -2.52. The van der Waals surface area contributed by atoms with Crippen molar-refractivity contribution in [1.29, 1.82) is 0 Å². The first-order valence-corrected chi connectivity index (χ1v) is 13.0. The SMILES string of the molecule is CCCCCNC(=O)CCC(=O)OC1CCC2C3CCC4=C=C(C)C=CC4C3CCC12C. The van der Waals surface area contributed by atoms with Gasteiger partial charge in [-0.15, -0.1) is 5.73 Å². The van der Waals surface area contributed by atoms with E-state index in [1.54, 1.807) is 0 Å². The monoisotopic (exact) mass is 439 g/mol. The van der Waals surface area contributed by atoms with Crippen LogP contribution in [-0.4, -0.2) is 24.5 Å². The molecule has 3 fully saturated rings. The zero-order chi connectivity index (χ0) is 22.7. The standard InChI is InChI=1S/C28H41NO3/c1-4-5-6-17-29-26(30)13-14-27(31)32-25-12-11-24-23-10-8-20-18-19(2)7-9-21(20)22(23)15-16-28(24,25)3/h7,9,21-25H,4-6,8,10-17H2,1-3H3,(H,29,30). The fourth-order valence-corrected chi connectivity index (χ4v) is 7.14. The van der Waals surface area contributed by atoms with Gasteiger partial charge < -0.3 is 10.1 Å². The Morgan fingerprint density at radius 2 is 2.00 bits per heavy atom. The van der Waals surface area contributed by atoms with E-state index < -0.39 is 0 Å². The summed E-state index contributed by atoms with van der Waals surface area (Å²) >= 11 is 0. The quantitative estimate of drug-likeness (QED) is 0.292. The number of rotatable bonds is 8. The molecule has 0 bridgehead atoms. The Hall–Kier alpha value is -1.80. The Morgan fingerprint density at radius 3 is 2.81 bits per heavy atom. The molecule has 0 saturated heterocycles. The third-order valence-corrected chi connectivity index (χ3v) is 8.86. The highest BCUT2D eigenvalue weighted by Gasteiger charge is 2.57. The van der Waals surface area contributed by atoms with Crippen molar-refractivity contribution in [1.82, 2.24) is 5.32 Å². The molecule has 4 nitrogen and oxygen atoms in total. The molecule has 6 unspecified atom stereocenters. The average molecular weight is 440 g/mol. The predicted octanol–water partition coefficient (Wildman–Crippen LogP) is 5.88. The lowest BCUT2D eigenvalue weighted by atomic mass is 9.53. The van der Waals surface area contributed by atoms with Crippen LogP contribution in [0.25, 0.3) is 0 Å². The lowest BCUT2D eigenvalue weighted by Crippen LogP contribution is -2.47. The molecule has 4 aliphatic rings. The molecule has 4 rings (SSSR count). The molecule has 0 aromatic carbocycles. The number of hydrogen-bond donors (Lipinski definition) is 1. The van der Waals surface area contributed by atoms with Gasteiger partial charge in [-0.2, -0.15) is 0 Å². The fraction of sp³-hybridized carbons (Fsp3) is 0.750. The van der Waals surface area contributed by atoms with Gasteiger partial charge in [-0.3, -0.25) is 9.59 Å². The minimum atomic E-state index is -0.201. The second-order valence-corrected chi connectivity index (χ2v) is 10.8. The predicted molar refractivity (Wildman–Crippen MR) is 127 cm³/mol. The van der Waals surface area contributed by atoms with Crippen LogP contribution in [0.2, 0.25) is 0 Å². The number of amides is 1. The van der Waals surface area contributed by atoms with Gasteiger partial charge in [-0.05, 0) is 80.8 Å². The normalized spacial score (nSPS) is 35.2. The topological polar surface area (TPSA) is 55.4 Å². The van der Waals surface area contributed by atoms with Gasteiger partial charge in [0.25, 0.3) is 0 Å². The van der Waals surface area contributed by atoms with Crippen molar-refractivity contribution in [3.8, 4) is 0 Å². The molecule has 1 N–H and O–H groups in total. The summed E-state index contributed by atoms with van der Waals surface area (Å²) in [5, 5.41) is 2.91. The zero-order valence-electron chi connectivity index (χ0n) is 20.3. The smallest absolute Gasteiger partial charge is 0.306 e. The van der Waals surface area contributed by atoms with E-state index in [1.807, 2.05) is 0 Å². The molecule has 6 atom stereocenters. The summed E-state index contributed by atoms with van der Waals surface area (Å²) in [6.45, 7) is 7.36. The molecule has 0 aromatic heterocycles. The number of esters is 1. The maximum Gasteiger partial charge on any atom is 0.306 e. The van der Waals surface area contributed by atoms with Gasteiger partial charge in [-0.1, -0.05) is 38.8 Å². The van der Waals surface area contributed by atoms with Crippen LogP contribution >= 0.6 is 0 Å². The minimum Gasteiger partial charge on any atom is -0.462 e. The third kappa shape index (κ3) is 4.76. The molecule has 32 heavy (non-hydrogen) atoms. The molecule has 0 heterocycles. The van der Waals surface area contributed by atoms with Crippen LogP contribution in [0.4, 0.5) is 0 Å². The Labute approximate surface area is 193 Å². The summed E-state index contributed by atoms with van der Waals surface area (Å²) in [5.41, 5.74) is 6.51. The van der Waals surface area contributed by atoms with Crippen molar-refractivity contribution >= 4 is 11.9 Å². The third-order valence-electron chi connectivity index (χ3n) is 8.86. The van der Waals surface area contributed by atoms with Gasteiger partial charge >= 0.3 is 5.97 Å². The minimum absolute atomic E-state index is 0.00884. The number of carbonyl (C=O) groups is 2. The second-order valence-electron chi connectivity index (χ2n) is 10.8. The Morgan fingerprint density at radius 1 is 1.16 bits per heavy atom. The van der Waals surface area contributed by atoms with Gasteiger partial charge in [0.05, 0.1) is 6.42 Å². The van der Waals surface area contributed by atoms with E-state index in [4.69, 9.17) is 4.74 Å². The number of unbranched alkanes of at least 4 members (excludes halogenated alkanes) is 2. The number of allylic oxidation sites excluding steroid dienone is 3. The molecule has 0 aromatic rings. The lowest BCUT2D eigenvalue weighted by molar-refractivity contribution is -0.159. The summed E-state index contributed by atoms with van der Waals surface area (Å²) in [6, 6.07) is 0. The molecular formula is C28H41NO3. The van der Waals surface area contributed by atoms with Gasteiger partial charge in [0.1, 0.15) is 6.10 Å². The maximum absolute atomic E-state index is 12.6. The highest BCUT2D eigenvalue weighted by Crippen LogP contribution is 2.61. The van der Waals surface area contributed by atoms with Crippen LogP contribution in [0, 0.1) is 29.1 Å². The first kappa shape index (κ1) is 23.4. The molecule has 0 radical (unpaired) electrons. The first-order chi connectivity index (χ1) is 15.4. The molecular weight excluding hydrogens is 398 g/mol. The Kier molecular flexibility index (Phi) is 7.30. The van der Waals surface area contributed by atoms with Crippen molar-refractivity contribution in [2.24, 2.45) is 29.1 Å². The highest BCUT2D eigenvalue weighted by molar-refractivity contribution is 5.81. The average Bonchev–Trinajstić information content (AvgIpc) is 3.11. The van der Waals surface area contributed by atoms with Crippen LogP contribution < -0.4 is 5.32 Å². The fourth-order valence-electron chi connectivity index (χ4n) is 7.14. The highest BCUT2D eigenvalue weighted by atomic mass is 16.5. The molecule has 3 saturated carbocycles. The van der Waals surface area contributed by atoms with E-state index in [0.717, 1.165) is 56.8 Å². The largest absolute Gasteiger partial charge is 0.462 e. The first-order valence-electron chi connectivity index (χ1n) is 13.0. The van der Waals surface area contributed by atoms with Crippen LogP contribution in [0.3, 0.4) is 0 Å². The van der Waals surface area contributed by atoms with Crippen molar-refractivity contribution in [3.05, 3.63) is 29.0 Å². The number of nitrogens with one attached hydrogen (secondary N) is 1. The Bertz CT molecular complexity index is 821. The number of carbonyl (C=O) groups excluding carboxylic acids is 2. The van der Waals surface area contributed by atoms with E-state index in [1.165, 1.54) is 24.0 Å². The molecule has 1 amide bonds. The Balaban J connectivity index is 1.30. The summed E-state index contributed by atoms with van der Waals surface area (Å²) in [7, 11) is 0. The summed E-state index contributed by atoms with van der Waals surface area (Å²) < 4.78 is 6.02.